The van der Waals surface area contributed by atoms with Crippen LogP contribution in [0.2, 0.25) is 0 Å². The van der Waals surface area contributed by atoms with Gasteiger partial charge in [-0.3, -0.25) is 4.98 Å². The topological polar surface area (TPSA) is 76.3 Å². The van der Waals surface area contributed by atoms with Gasteiger partial charge in [0.2, 0.25) is 10.0 Å². The van der Waals surface area contributed by atoms with Crippen LogP contribution in [-0.2, 0) is 10.0 Å². The van der Waals surface area contributed by atoms with E-state index in [0.717, 1.165) is 19.3 Å². The summed E-state index contributed by atoms with van der Waals surface area (Å²) in [5.74, 6) is 0. The van der Waals surface area contributed by atoms with Crippen molar-refractivity contribution < 1.29 is 8.42 Å². The van der Waals surface area contributed by atoms with E-state index in [1.807, 2.05) is 6.92 Å². The van der Waals surface area contributed by atoms with Gasteiger partial charge in [0.25, 0.3) is 0 Å². The van der Waals surface area contributed by atoms with Crippen LogP contribution in [-0.4, -0.2) is 30.3 Å². The molecule has 112 valence electrons. The average molecular weight is 305 g/mol. The molecule has 6 heteroatoms. The Morgan fingerprint density at radius 3 is 2.86 bits per heavy atom. The third-order valence-corrected chi connectivity index (χ3v) is 6.14. The van der Waals surface area contributed by atoms with Crippen LogP contribution in [0, 0.1) is 0 Å². The quantitative estimate of drug-likeness (QED) is 0.864. The van der Waals surface area contributed by atoms with E-state index in [2.05, 4.69) is 4.98 Å². The molecule has 0 amide bonds. The summed E-state index contributed by atoms with van der Waals surface area (Å²) in [6, 6.07) is 6.81. The van der Waals surface area contributed by atoms with Gasteiger partial charge in [-0.25, -0.2) is 8.42 Å². The van der Waals surface area contributed by atoms with Gasteiger partial charge in [0.15, 0.2) is 0 Å². The van der Waals surface area contributed by atoms with E-state index in [-0.39, 0.29) is 10.9 Å². The summed E-state index contributed by atoms with van der Waals surface area (Å²) in [5, 5.41) is 0.684. The molecule has 1 aromatic heterocycles. The summed E-state index contributed by atoms with van der Waals surface area (Å²) >= 11 is 0. The predicted molar refractivity (Wildman–Crippen MR) is 83.4 cm³/mol. The fraction of sp³-hybridized carbons (Fsp3) is 0.400. The van der Waals surface area contributed by atoms with E-state index < -0.39 is 10.0 Å². The van der Waals surface area contributed by atoms with Crippen LogP contribution < -0.4 is 5.73 Å². The molecule has 0 aliphatic carbocycles. The maximum atomic E-state index is 13.0. The van der Waals surface area contributed by atoms with Crippen LogP contribution in [0.15, 0.2) is 35.4 Å². The van der Waals surface area contributed by atoms with Crippen LogP contribution in [0.3, 0.4) is 0 Å². The van der Waals surface area contributed by atoms with Crippen LogP contribution in [0.5, 0.6) is 0 Å². The molecule has 2 aromatic rings. The van der Waals surface area contributed by atoms with E-state index in [9.17, 15) is 8.42 Å². The first-order chi connectivity index (χ1) is 10.0. The average Bonchev–Trinajstić information content (AvgIpc) is 2.48. The number of benzene rings is 1. The van der Waals surface area contributed by atoms with Gasteiger partial charge in [-0.05, 0) is 44.0 Å². The molecule has 1 fully saturated rings. The number of pyridine rings is 1. The number of hydrogen-bond donors (Lipinski definition) is 1. The summed E-state index contributed by atoms with van der Waals surface area (Å²) < 4.78 is 27.5. The Morgan fingerprint density at radius 2 is 2.10 bits per heavy atom. The van der Waals surface area contributed by atoms with E-state index in [1.54, 1.807) is 34.8 Å². The predicted octanol–water partition coefficient (Wildman–Crippen LogP) is 2.38. The zero-order chi connectivity index (χ0) is 15.0. The van der Waals surface area contributed by atoms with Crippen LogP contribution in [0.4, 0.5) is 5.69 Å². The first-order valence-electron chi connectivity index (χ1n) is 7.17. The van der Waals surface area contributed by atoms with Gasteiger partial charge in [-0.2, -0.15) is 4.31 Å². The van der Waals surface area contributed by atoms with E-state index in [1.165, 1.54) is 0 Å². The lowest BCUT2D eigenvalue weighted by atomic mass is 10.1. The largest absolute Gasteiger partial charge is 0.398 e. The third kappa shape index (κ3) is 2.38. The van der Waals surface area contributed by atoms with Crippen LogP contribution in [0.1, 0.15) is 26.2 Å². The van der Waals surface area contributed by atoms with Crippen molar-refractivity contribution in [3.8, 4) is 0 Å². The van der Waals surface area contributed by atoms with E-state index in [0.29, 0.717) is 23.1 Å². The number of aromatic nitrogens is 1. The first-order valence-corrected chi connectivity index (χ1v) is 8.61. The van der Waals surface area contributed by atoms with Gasteiger partial charge in [0, 0.05) is 29.9 Å². The van der Waals surface area contributed by atoms with Crippen molar-refractivity contribution in [3.05, 3.63) is 30.5 Å². The van der Waals surface area contributed by atoms with Crippen molar-refractivity contribution in [2.24, 2.45) is 0 Å². The maximum absolute atomic E-state index is 13.0. The normalized spacial score (nSPS) is 20.7. The lowest BCUT2D eigenvalue weighted by Gasteiger charge is -2.32. The van der Waals surface area contributed by atoms with Crippen molar-refractivity contribution >= 4 is 26.6 Å². The molecular formula is C15H19N3O2S. The van der Waals surface area contributed by atoms with Crippen molar-refractivity contribution in [1.29, 1.82) is 0 Å². The Morgan fingerprint density at radius 1 is 1.29 bits per heavy atom. The SMILES string of the molecule is CC1CCCCN1S(=O)(=O)c1ccc(N)c2cccnc12. The summed E-state index contributed by atoms with van der Waals surface area (Å²) in [5.41, 5.74) is 6.92. The molecule has 1 atom stereocenters. The number of nitrogen functional groups attached to an aromatic ring is 1. The smallest absolute Gasteiger partial charge is 0.245 e. The van der Waals surface area contributed by atoms with Crippen molar-refractivity contribution in [1.82, 2.24) is 9.29 Å². The minimum Gasteiger partial charge on any atom is -0.398 e. The summed E-state index contributed by atoms with van der Waals surface area (Å²) in [6.07, 6.45) is 4.48. The molecule has 3 rings (SSSR count). The molecule has 21 heavy (non-hydrogen) atoms. The van der Waals surface area contributed by atoms with Gasteiger partial charge in [-0.1, -0.05) is 6.42 Å². The number of nitrogens with zero attached hydrogens (tertiary/aromatic N) is 2. The zero-order valence-electron chi connectivity index (χ0n) is 12.0. The minimum absolute atomic E-state index is 0.0278. The second-order valence-corrected chi connectivity index (χ2v) is 7.37. The molecule has 1 aliphatic heterocycles. The van der Waals surface area contributed by atoms with E-state index >= 15 is 0 Å². The number of piperidine rings is 1. The molecule has 0 bridgehead atoms. The Kier molecular flexibility index (Phi) is 3.59. The standard InChI is InChI=1S/C15H19N3O2S/c1-11-5-2-3-10-18(11)21(19,20)14-8-7-13(16)12-6-4-9-17-15(12)14/h4,6-9,11H,2-3,5,10,16H2,1H3. The second kappa shape index (κ2) is 5.27. The molecule has 2 N–H and O–H groups in total. The van der Waals surface area contributed by atoms with E-state index in [4.69, 9.17) is 5.73 Å². The van der Waals surface area contributed by atoms with Gasteiger partial charge >= 0.3 is 0 Å². The highest BCUT2D eigenvalue weighted by molar-refractivity contribution is 7.89. The Balaban J connectivity index is 2.17. The van der Waals surface area contributed by atoms with Crippen LogP contribution in [0.25, 0.3) is 10.9 Å². The van der Waals surface area contributed by atoms with Gasteiger partial charge in [0.05, 0.1) is 5.52 Å². The fourth-order valence-corrected chi connectivity index (χ4v) is 4.78. The highest BCUT2D eigenvalue weighted by Gasteiger charge is 2.32. The fourth-order valence-electron chi connectivity index (χ4n) is 2.93. The molecule has 1 unspecified atom stereocenters. The molecule has 1 aromatic carbocycles. The molecule has 5 nitrogen and oxygen atoms in total. The number of sulfonamides is 1. The van der Waals surface area contributed by atoms with Crippen molar-refractivity contribution in [2.45, 2.75) is 37.1 Å². The molecule has 0 saturated carbocycles. The highest BCUT2D eigenvalue weighted by atomic mass is 32.2. The summed E-state index contributed by atoms with van der Waals surface area (Å²) in [6.45, 7) is 2.53. The molecule has 2 heterocycles. The number of rotatable bonds is 2. The van der Waals surface area contributed by atoms with Crippen molar-refractivity contribution in [2.75, 3.05) is 12.3 Å². The third-order valence-electron chi connectivity index (χ3n) is 4.10. The summed E-state index contributed by atoms with van der Waals surface area (Å²) in [7, 11) is -3.54. The summed E-state index contributed by atoms with van der Waals surface area (Å²) in [4.78, 5) is 4.49. The Hall–Kier alpha value is -1.66. The molecule has 0 spiro atoms. The van der Waals surface area contributed by atoms with Gasteiger partial charge < -0.3 is 5.73 Å². The number of hydrogen-bond acceptors (Lipinski definition) is 4. The highest BCUT2D eigenvalue weighted by Crippen LogP contribution is 2.31. The first kappa shape index (κ1) is 14.3. The molecular weight excluding hydrogens is 286 g/mol. The lowest BCUT2D eigenvalue weighted by molar-refractivity contribution is 0.269. The molecule has 0 radical (unpaired) electrons. The molecule has 1 aliphatic rings. The maximum Gasteiger partial charge on any atom is 0.245 e. The zero-order valence-corrected chi connectivity index (χ0v) is 12.8. The second-order valence-electron chi connectivity index (χ2n) is 5.51. The number of nitrogens with two attached hydrogens (primary N) is 1. The van der Waals surface area contributed by atoms with Crippen LogP contribution >= 0.6 is 0 Å². The molecule has 1 saturated heterocycles. The Bertz CT molecular complexity index is 774. The monoisotopic (exact) mass is 305 g/mol. The minimum atomic E-state index is -3.54. The van der Waals surface area contributed by atoms with Gasteiger partial charge in [-0.15, -0.1) is 0 Å². The Labute approximate surface area is 124 Å². The number of anilines is 1. The lowest BCUT2D eigenvalue weighted by Crippen LogP contribution is -2.42. The number of fused-ring (bicyclic) bond motifs is 1. The van der Waals surface area contributed by atoms with Crippen molar-refractivity contribution in [3.63, 3.8) is 0 Å². The van der Waals surface area contributed by atoms with Gasteiger partial charge in [0.1, 0.15) is 4.90 Å².